The quantitative estimate of drug-likeness (QED) is 0.698. The van der Waals surface area contributed by atoms with Crippen molar-refractivity contribution in [1.29, 1.82) is 0 Å². The molecule has 3 aromatic rings. The third-order valence-corrected chi connectivity index (χ3v) is 5.26. The number of hydrogen-bond donors (Lipinski definition) is 2. The van der Waals surface area contributed by atoms with Gasteiger partial charge in [-0.1, -0.05) is 31.2 Å². The fraction of sp³-hybridized carbons (Fsp3) is 0.450. The number of rotatable bonds is 6. The van der Waals surface area contributed by atoms with Gasteiger partial charge < -0.3 is 10.2 Å². The van der Waals surface area contributed by atoms with Crippen LogP contribution in [0.1, 0.15) is 23.7 Å². The fourth-order valence-electron chi connectivity index (χ4n) is 3.52. The molecule has 7 nitrogen and oxygen atoms in total. The number of piperazine rings is 1. The number of hydrogen-bond acceptors (Lipinski definition) is 6. The number of benzene rings is 1. The lowest BCUT2D eigenvalue weighted by Crippen LogP contribution is -2.43. The maximum Gasteiger partial charge on any atom is 0.186 e. The molecule has 2 N–H and O–H groups in total. The number of nitrogens with one attached hydrogen (secondary N) is 2. The first-order chi connectivity index (χ1) is 13.2. The van der Waals surface area contributed by atoms with E-state index in [0.717, 1.165) is 62.6 Å². The molecule has 1 aliphatic heterocycles. The molecular formula is C20H27N7. The molecule has 27 heavy (non-hydrogen) atoms. The number of aryl methyl sites for hydroxylation is 1. The second kappa shape index (κ2) is 8.02. The highest BCUT2D eigenvalue weighted by Crippen LogP contribution is 2.22. The van der Waals surface area contributed by atoms with Gasteiger partial charge in [-0.2, -0.15) is 5.10 Å². The van der Waals surface area contributed by atoms with Crippen LogP contribution in [0.3, 0.4) is 0 Å². The van der Waals surface area contributed by atoms with Gasteiger partial charge in [0.2, 0.25) is 0 Å². The highest BCUT2D eigenvalue weighted by Gasteiger charge is 2.14. The average Bonchev–Trinajstić information content (AvgIpc) is 3.13. The number of H-pyrrole nitrogens is 1. The van der Waals surface area contributed by atoms with Gasteiger partial charge in [-0.25, -0.2) is 9.97 Å². The summed E-state index contributed by atoms with van der Waals surface area (Å²) in [5.41, 5.74) is 4.39. The van der Waals surface area contributed by atoms with Crippen molar-refractivity contribution in [3.63, 3.8) is 0 Å². The highest BCUT2D eigenvalue weighted by atomic mass is 15.2. The molecule has 7 heteroatoms. The van der Waals surface area contributed by atoms with Crippen molar-refractivity contribution < 1.29 is 0 Å². The SMILES string of the molecule is CCc1[nH]nc2ncnc(NCc3ccc(CN4CCN(C)CC4)cc3)c12. The fourth-order valence-corrected chi connectivity index (χ4v) is 3.52. The van der Waals surface area contributed by atoms with Crippen molar-refractivity contribution in [2.24, 2.45) is 0 Å². The van der Waals surface area contributed by atoms with E-state index in [1.165, 1.54) is 11.1 Å². The van der Waals surface area contributed by atoms with Gasteiger partial charge in [0.05, 0.1) is 5.39 Å². The van der Waals surface area contributed by atoms with E-state index in [1.807, 2.05) is 0 Å². The highest BCUT2D eigenvalue weighted by molar-refractivity contribution is 5.88. The first-order valence-corrected chi connectivity index (χ1v) is 9.63. The molecule has 1 fully saturated rings. The van der Waals surface area contributed by atoms with Gasteiger partial charge >= 0.3 is 0 Å². The summed E-state index contributed by atoms with van der Waals surface area (Å²) < 4.78 is 0. The van der Waals surface area contributed by atoms with Crippen LogP contribution < -0.4 is 5.32 Å². The summed E-state index contributed by atoms with van der Waals surface area (Å²) in [6.45, 7) is 8.47. The molecule has 1 aromatic carbocycles. The van der Waals surface area contributed by atoms with Crippen LogP contribution in [-0.4, -0.2) is 63.2 Å². The van der Waals surface area contributed by atoms with Gasteiger partial charge in [0.25, 0.3) is 0 Å². The molecule has 0 aliphatic carbocycles. The molecule has 0 bridgehead atoms. The molecule has 1 aliphatic rings. The number of aromatic amines is 1. The molecule has 0 saturated carbocycles. The molecule has 3 heterocycles. The van der Waals surface area contributed by atoms with Crippen molar-refractivity contribution in [2.75, 3.05) is 38.5 Å². The summed E-state index contributed by atoms with van der Waals surface area (Å²) in [6.07, 6.45) is 2.43. The van der Waals surface area contributed by atoms with E-state index < -0.39 is 0 Å². The third-order valence-electron chi connectivity index (χ3n) is 5.26. The number of fused-ring (bicyclic) bond motifs is 1. The number of aromatic nitrogens is 4. The summed E-state index contributed by atoms with van der Waals surface area (Å²) in [7, 11) is 2.19. The van der Waals surface area contributed by atoms with Gasteiger partial charge in [0.1, 0.15) is 12.1 Å². The van der Waals surface area contributed by atoms with Crippen LogP contribution >= 0.6 is 0 Å². The topological polar surface area (TPSA) is 73.0 Å². The molecule has 142 valence electrons. The smallest absolute Gasteiger partial charge is 0.186 e. The van der Waals surface area contributed by atoms with E-state index in [2.05, 4.69) is 73.5 Å². The van der Waals surface area contributed by atoms with Crippen molar-refractivity contribution in [1.82, 2.24) is 30.0 Å². The van der Waals surface area contributed by atoms with E-state index in [-0.39, 0.29) is 0 Å². The Balaban J connectivity index is 1.39. The zero-order valence-electron chi connectivity index (χ0n) is 16.1. The van der Waals surface area contributed by atoms with Crippen molar-refractivity contribution >= 4 is 16.9 Å². The maximum absolute atomic E-state index is 4.41. The number of nitrogens with zero attached hydrogens (tertiary/aromatic N) is 5. The molecule has 2 aromatic heterocycles. The Morgan fingerprint density at radius 1 is 1.04 bits per heavy atom. The molecule has 0 unspecified atom stereocenters. The first kappa shape index (κ1) is 17.9. The molecule has 0 amide bonds. The van der Waals surface area contributed by atoms with Crippen molar-refractivity contribution in [3.05, 3.63) is 47.4 Å². The van der Waals surface area contributed by atoms with Gasteiger partial charge in [-0.15, -0.1) is 0 Å². The minimum Gasteiger partial charge on any atom is -0.365 e. The van der Waals surface area contributed by atoms with Crippen molar-refractivity contribution in [2.45, 2.75) is 26.4 Å². The molecule has 0 radical (unpaired) electrons. The summed E-state index contributed by atoms with van der Waals surface area (Å²) >= 11 is 0. The zero-order valence-corrected chi connectivity index (χ0v) is 16.1. The lowest BCUT2D eigenvalue weighted by atomic mass is 10.1. The Labute approximate surface area is 159 Å². The van der Waals surface area contributed by atoms with Crippen molar-refractivity contribution in [3.8, 4) is 0 Å². The third kappa shape index (κ3) is 4.09. The monoisotopic (exact) mass is 365 g/mol. The first-order valence-electron chi connectivity index (χ1n) is 9.63. The summed E-state index contributed by atoms with van der Waals surface area (Å²) in [5.74, 6) is 0.840. The Kier molecular flexibility index (Phi) is 5.31. The van der Waals surface area contributed by atoms with Crippen LogP contribution in [0.2, 0.25) is 0 Å². The van der Waals surface area contributed by atoms with E-state index in [9.17, 15) is 0 Å². The van der Waals surface area contributed by atoms with Crippen LogP contribution in [-0.2, 0) is 19.5 Å². The molecule has 0 atom stereocenters. The number of likely N-dealkylation sites (N-methyl/N-ethyl adjacent to an activating group) is 1. The minimum absolute atomic E-state index is 0.715. The van der Waals surface area contributed by atoms with Gasteiger partial charge in [-0.05, 0) is 24.6 Å². The second-order valence-corrected chi connectivity index (χ2v) is 7.23. The van der Waals surface area contributed by atoms with Crippen LogP contribution in [0.5, 0.6) is 0 Å². The van der Waals surface area contributed by atoms with E-state index in [4.69, 9.17) is 0 Å². The molecule has 1 saturated heterocycles. The van der Waals surface area contributed by atoms with E-state index in [0.29, 0.717) is 5.65 Å². The standard InChI is InChI=1S/C20H27N7/c1-3-17-18-19(22-14-23-20(18)25-24-17)21-12-15-4-6-16(7-5-15)13-27-10-8-26(2)9-11-27/h4-7,14H,3,8-13H2,1-2H3,(H2,21,22,23,24,25). The van der Waals surface area contributed by atoms with Gasteiger partial charge in [0, 0.05) is 45.0 Å². The Morgan fingerprint density at radius 2 is 1.78 bits per heavy atom. The summed E-state index contributed by atoms with van der Waals surface area (Å²) in [4.78, 5) is 13.6. The van der Waals surface area contributed by atoms with Crippen LogP contribution in [0.4, 0.5) is 5.82 Å². The van der Waals surface area contributed by atoms with Gasteiger partial charge in [0.15, 0.2) is 5.65 Å². The minimum atomic E-state index is 0.715. The predicted molar refractivity (Wildman–Crippen MR) is 108 cm³/mol. The predicted octanol–water partition coefficient (Wildman–Crippen LogP) is 2.27. The second-order valence-electron chi connectivity index (χ2n) is 7.23. The van der Waals surface area contributed by atoms with E-state index >= 15 is 0 Å². The Bertz CT molecular complexity index is 879. The molecule has 4 rings (SSSR count). The summed E-state index contributed by atoms with van der Waals surface area (Å²) in [5, 5.41) is 11.7. The maximum atomic E-state index is 4.41. The lowest BCUT2D eigenvalue weighted by molar-refractivity contribution is 0.148. The normalized spacial score (nSPS) is 16.1. The van der Waals surface area contributed by atoms with Crippen LogP contribution in [0.25, 0.3) is 11.0 Å². The average molecular weight is 365 g/mol. The van der Waals surface area contributed by atoms with E-state index in [1.54, 1.807) is 6.33 Å². The van der Waals surface area contributed by atoms with Crippen LogP contribution in [0.15, 0.2) is 30.6 Å². The zero-order chi connectivity index (χ0) is 18.6. The lowest BCUT2D eigenvalue weighted by Gasteiger charge is -2.32. The molecular weight excluding hydrogens is 338 g/mol. The van der Waals surface area contributed by atoms with Gasteiger partial charge in [-0.3, -0.25) is 10.00 Å². The Morgan fingerprint density at radius 3 is 2.52 bits per heavy atom. The Hall–Kier alpha value is -2.51. The number of anilines is 1. The summed E-state index contributed by atoms with van der Waals surface area (Å²) in [6, 6.07) is 8.88. The largest absolute Gasteiger partial charge is 0.365 e. The molecule has 0 spiro atoms. The van der Waals surface area contributed by atoms with Crippen LogP contribution in [0, 0.1) is 0 Å².